The molecular weight excluding hydrogens is 358 g/mol. The second-order valence-electron chi connectivity index (χ2n) is 5.81. The number of ether oxygens (including phenoxy) is 1. The van der Waals surface area contributed by atoms with Crippen molar-refractivity contribution in [2.24, 2.45) is 0 Å². The standard InChI is InChI=1S/C18H18BrNO3/c1-10-15(18(22)23-2)16(11-6-8-12(19)9-7-11)17-13(20-10)4-3-5-14(17)21/h6-9,16,20H,3-5H2,1-2H3/t16-/m0/s1. The van der Waals surface area contributed by atoms with Crippen LogP contribution in [0.25, 0.3) is 0 Å². The first kappa shape index (κ1) is 16.0. The van der Waals surface area contributed by atoms with E-state index >= 15 is 0 Å². The predicted molar refractivity (Wildman–Crippen MR) is 90.6 cm³/mol. The molecule has 1 heterocycles. The number of rotatable bonds is 2. The molecule has 23 heavy (non-hydrogen) atoms. The van der Waals surface area contributed by atoms with E-state index in [1.54, 1.807) is 0 Å². The number of Topliss-reactive ketones (excluding diaryl/α,β-unsaturated/α-hetero) is 1. The Kier molecular flexibility index (Phi) is 4.39. The molecule has 0 unspecified atom stereocenters. The number of allylic oxidation sites excluding steroid dienone is 3. The lowest BCUT2D eigenvalue weighted by Gasteiger charge is -2.34. The largest absolute Gasteiger partial charge is 0.466 e. The molecule has 4 nitrogen and oxygen atoms in total. The van der Waals surface area contributed by atoms with Gasteiger partial charge in [-0.3, -0.25) is 4.79 Å². The number of carbonyl (C=O) groups is 2. The summed E-state index contributed by atoms with van der Waals surface area (Å²) < 4.78 is 5.93. The van der Waals surface area contributed by atoms with Crippen molar-refractivity contribution < 1.29 is 14.3 Å². The van der Waals surface area contributed by atoms with E-state index in [4.69, 9.17) is 4.74 Å². The minimum absolute atomic E-state index is 0.112. The third-order valence-corrected chi connectivity index (χ3v) is 4.91. The van der Waals surface area contributed by atoms with Crippen LogP contribution in [-0.4, -0.2) is 18.9 Å². The number of halogens is 1. The average molecular weight is 376 g/mol. The fourth-order valence-corrected chi connectivity index (χ4v) is 3.62. The minimum atomic E-state index is -0.396. The average Bonchev–Trinajstić information content (AvgIpc) is 2.54. The Morgan fingerprint density at radius 2 is 1.96 bits per heavy atom. The van der Waals surface area contributed by atoms with E-state index in [2.05, 4.69) is 21.2 Å². The molecule has 1 atom stereocenters. The number of hydrogen-bond acceptors (Lipinski definition) is 4. The Morgan fingerprint density at radius 1 is 1.26 bits per heavy atom. The number of methoxy groups -OCH3 is 1. The van der Waals surface area contributed by atoms with Crippen LogP contribution in [0.2, 0.25) is 0 Å². The summed E-state index contributed by atoms with van der Waals surface area (Å²) in [7, 11) is 1.37. The molecule has 1 aliphatic heterocycles. The lowest BCUT2D eigenvalue weighted by atomic mass is 9.75. The Bertz CT molecular complexity index is 731. The molecule has 0 saturated heterocycles. The molecule has 1 aromatic rings. The van der Waals surface area contributed by atoms with Crippen LogP contribution in [-0.2, 0) is 14.3 Å². The fraction of sp³-hybridized carbons (Fsp3) is 0.333. The van der Waals surface area contributed by atoms with Gasteiger partial charge in [0.2, 0.25) is 0 Å². The van der Waals surface area contributed by atoms with Crippen molar-refractivity contribution in [3.8, 4) is 0 Å². The van der Waals surface area contributed by atoms with Crippen LogP contribution in [0, 0.1) is 0 Å². The van der Waals surface area contributed by atoms with Gasteiger partial charge in [-0.1, -0.05) is 28.1 Å². The number of nitrogens with one attached hydrogen (secondary N) is 1. The molecule has 0 fully saturated rings. The van der Waals surface area contributed by atoms with Gasteiger partial charge in [0, 0.05) is 33.8 Å². The SMILES string of the molecule is COC(=O)C1=C(C)NC2=C(C(=O)CCC2)[C@H]1c1ccc(Br)cc1. The maximum absolute atomic E-state index is 12.6. The molecule has 5 heteroatoms. The van der Waals surface area contributed by atoms with Crippen molar-refractivity contribution in [2.75, 3.05) is 7.11 Å². The van der Waals surface area contributed by atoms with Gasteiger partial charge in [0.25, 0.3) is 0 Å². The molecule has 0 spiro atoms. The van der Waals surface area contributed by atoms with Gasteiger partial charge in [-0.15, -0.1) is 0 Å². The summed E-state index contributed by atoms with van der Waals surface area (Å²) in [6.45, 7) is 1.86. The normalized spacial score (nSPS) is 21.0. The quantitative estimate of drug-likeness (QED) is 0.802. The molecule has 2 aliphatic rings. The zero-order valence-electron chi connectivity index (χ0n) is 13.1. The van der Waals surface area contributed by atoms with Gasteiger partial charge >= 0.3 is 5.97 Å². The second kappa shape index (κ2) is 6.32. The van der Waals surface area contributed by atoms with Crippen molar-refractivity contribution in [3.63, 3.8) is 0 Å². The number of carbonyl (C=O) groups excluding carboxylic acids is 2. The van der Waals surface area contributed by atoms with Crippen molar-refractivity contribution >= 4 is 27.7 Å². The number of dihydropyridines is 1. The highest BCUT2D eigenvalue weighted by molar-refractivity contribution is 9.10. The molecule has 3 rings (SSSR count). The molecule has 0 aromatic heterocycles. The van der Waals surface area contributed by atoms with Crippen LogP contribution >= 0.6 is 15.9 Å². The lowest BCUT2D eigenvalue weighted by Crippen LogP contribution is -2.34. The summed E-state index contributed by atoms with van der Waals surface area (Å²) in [5, 5.41) is 3.25. The highest BCUT2D eigenvalue weighted by Gasteiger charge is 2.38. The van der Waals surface area contributed by atoms with Gasteiger partial charge in [0.05, 0.1) is 12.7 Å². The van der Waals surface area contributed by atoms with E-state index in [-0.39, 0.29) is 11.7 Å². The molecule has 0 bridgehead atoms. The smallest absolute Gasteiger partial charge is 0.336 e. The second-order valence-corrected chi connectivity index (χ2v) is 6.72. The molecule has 0 saturated carbocycles. The molecular formula is C18H18BrNO3. The highest BCUT2D eigenvalue weighted by Crippen LogP contribution is 2.42. The monoisotopic (exact) mass is 375 g/mol. The first-order valence-corrected chi connectivity index (χ1v) is 8.40. The Labute approximate surface area is 143 Å². The number of hydrogen-bond donors (Lipinski definition) is 1. The van der Waals surface area contributed by atoms with Crippen molar-refractivity contribution in [1.29, 1.82) is 0 Å². The molecule has 1 N–H and O–H groups in total. The van der Waals surface area contributed by atoms with Crippen LogP contribution < -0.4 is 5.32 Å². The third kappa shape index (κ3) is 2.85. The zero-order valence-corrected chi connectivity index (χ0v) is 14.7. The Hall–Kier alpha value is -1.88. The topological polar surface area (TPSA) is 55.4 Å². The van der Waals surface area contributed by atoms with Crippen molar-refractivity contribution in [2.45, 2.75) is 32.1 Å². The summed E-state index contributed by atoms with van der Waals surface area (Å²) in [4.78, 5) is 24.9. The summed E-state index contributed by atoms with van der Waals surface area (Å²) >= 11 is 3.42. The Balaban J connectivity index is 2.18. The first-order valence-electron chi connectivity index (χ1n) is 7.60. The summed E-state index contributed by atoms with van der Waals surface area (Å²) in [6.07, 6.45) is 2.21. The van der Waals surface area contributed by atoms with Crippen molar-refractivity contribution in [3.05, 3.63) is 56.8 Å². The zero-order chi connectivity index (χ0) is 16.6. The molecule has 0 radical (unpaired) electrons. The van der Waals surface area contributed by atoms with Crippen LogP contribution in [0.15, 0.2) is 51.3 Å². The van der Waals surface area contributed by atoms with E-state index in [0.29, 0.717) is 17.6 Å². The summed E-state index contributed by atoms with van der Waals surface area (Å²) in [5.74, 6) is -0.645. The number of benzene rings is 1. The number of ketones is 1. The maximum Gasteiger partial charge on any atom is 0.336 e. The lowest BCUT2D eigenvalue weighted by molar-refractivity contribution is -0.136. The molecule has 0 amide bonds. The number of esters is 1. The maximum atomic E-state index is 12.6. The fourth-order valence-electron chi connectivity index (χ4n) is 3.35. The van der Waals surface area contributed by atoms with E-state index in [1.165, 1.54) is 7.11 Å². The van der Waals surface area contributed by atoms with Gasteiger partial charge < -0.3 is 10.1 Å². The van der Waals surface area contributed by atoms with Crippen molar-refractivity contribution in [1.82, 2.24) is 5.32 Å². The van der Waals surface area contributed by atoms with E-state index in [1.807, 2.05) is 31.2 Å². The van der Waals surface area contributed by atoms with Gasteiger partial charge in [-0.2, -0.15) is 0 Å². The van der Waals surface area contributed by atoms with Gasteiger partial charge in [-0.05, 0) is 37.5 Å². The molecule has 1 aromatic carbocycles. The van der Waals surface area contributed by atoms with E-state index in [9.17, 15) is 9.59 Å². The van der Waals surface area contributed by atoms with Gasteiger partial charge in [0.15, 0.2) is 5.78 Å². The molecule has 1 aliphatic carbocycles. The minimum Gasteiger partial charge on any atom is -0.466 e. The first-order chi connectivity index (χ1) is 11.0. The van der Waals surface area contributed by atoms with E-state index < -0.39 is 5.97 Å². The highest BCUT2D eigenvalue weighted by atomic mass is 79.9. The third-order valence-electron chi connectivity index (χ3n) is 4.38. The van der Waals surface area contributed by atoms with Gasteiger partial charge in [0.1, 0.15) is 0 Å². The van der Waals surface area contributed by atoms with Crippen LogP contribution in [0.5, 0.6) is 0 Å². The Morgan fingerprint density at radius 3 is 2.61 bits per heavy atom. The van der Waals surface area contributed by atoms with E-state index in [0.717, 1.165) is 34.3 Å². The summed E-state index contributed by atoms with van der Waals surface area (Å²) in [6, 6.07) is 7.75. The van der Waals surface area contributed by atoms with Crippen LogP contribution in [0.1, 0.15) is 37.7 Å². The predicted octanol–water partition coefficient (Wildman–Crippen LogP) is 3.59. The summed E-state index contributed by atoms with van der Waals surface area (Å²) in [5.41, 5.74) is 3.86. The van der Waals surface area contributed by atoms with Crippen LogP contribution in [0.4, 0.5) is 0 Å². The van der Waals surface area contributed by atoms with Gasteiger partial charge in [-0.25, -0.2) is 4.79 Å². The van der Waals surface area contributed by atoms with Crippen LogP contribution in [0.3, 0.4) is 0 Å². The molecule has 120 valence electrons.